The smallest absolute Gasteiger partial charge is 0.258 e. The predicted octanol–water partition coefficient (Wildman–Crippen LogP) is 0.364. The number of aromatic amines is 1. The minimum absolute atomic E-state index is 0.0440. The van der Waals surface area contributed by atoms with Gasteiger partial charge in [-0.2, -0.15) is 0 Å². The van der Waals surface area contributed by atoms with E-state index >= 15 is 0 Å². The first-order valence-electron chi connectivity index (χ1n) is 3.92. The summed E-state index contributed by atoms with van der Waals surface area (Å²) in [5, 5.41) is 2.91. The molecule has 0 fully saturated rings. The summed E-state index contributed by atoms with van der Waals surface area (Å²) in [5.74, 6) is -0.0440. The van der Waals surface area contributed by atoms with Crippen molar-refractivity contribution in [3.63, 3.8) is 0 Å². The molecule has 13 heavy (non-hydrogen) atoms. The molecule has 0 spiro atoms. The Morgan fingerprint density at radius 2 is 2.38 bits per heavy atom. The molecule has 0 saturated heterocycles. The second kappa shape index (κ2) is 2.62. The van der Waals surface area contributed by atoms with Crippen molar-refractivity contribution in [3.8, 4) is 0 Å². The predicted molar refractivity (Wildman–Crippen MR) is 47.6 cm³/mol. The number of carbonyl (C=O) groups excluding carboxylic acids is 1. The summed E-state index contributed by atoms with van der Waals surface area (Å²) >= 11 is 0. The average Bonchev–Trinajstić information content (AvgIpc) is 2.61. The molecule has 0 aromatic carbocycles. The number of nitrogens with one attached hydrogen (secondary N) is 1. The zero-order valence-electron chi connectivity index (χ0n) is 7.48. The number of amides is 1. The van der Waals surface area contributed by atoms with Crippen LogP contribution in [0.1, 0.15) is 10.4 Å². The van der Waals surface area contributed by atoms with E-state index in [0.29, 0.717) is 11.2 Å². The molecule has 2 aromatic rings. The standard InChI is InChI=1S/C8H10N4O/c1-11(2)8(13)6-5-10-12-4-3-9-7(6)12/h3-5,10H,1-2H3. The van der Waals surface area contributed by atoms with Crippen LogP contribution in [0.25, 0.3) is 5.65 Å². The van der Waals surface area contributed by atoms with Gasteiger partial charge in [0.05, 0.1) is 0 Å². The summed E-state index contributed by atoms with van der Waals surface area (Å²) in [5.41, 5.74) is 1.26. The number of imidazole rings is 1. The van der Waals surface area contributed by atoms with Gasteiger partial charge in [0.2, 0.25) is 0 Å². The topological polar surface area (TPSA) is 53.4 Å². The second-order valence-corrected chi connectivity index (χ2v) is 3.01. The molecule has 2 aromatic heterocycles. The van der Waals surface area contributed by atoms with Crippen molar-refractivity contribution in [1.82, 2.24) is 19.5 Å². The zero-order chi connectivity index (χ0) is 9.42. The number of aromatic nitrogens is 3. The summed E-state index contributed by atoms with van der Waals surface area (Å²) in [7, 11) is 3.43. The average molecular weight is 178 g/mol. The molecule has 5 nitrogen and oxygen atoms in total. The number of nitrogens with zero attached hydrogens (tertiary/aromatic N) is 3. The number of hydrogen-bond donors (Lipinski definition) is 1. The van der Waals surface area contributed by atoms with Gasteiger partial charge in [-0.05, 0) is 0 Å². The highest BCUT2D eigenvalue weighted by Gasteiger charge is 2.14. The van der Waals surface area contributed by atoms with E-state index in [9.17, 15) is 4.79 Å². The lowest BCUT2D eigenvalue weighted by atomic mass is 10.3. The Morgan fingerprint density at radius 3 is 3.08 bits per heavy atom. The molecule has 2 heterocycles. The van der Waals surface area contributed by atoms with Crippen LogP contribution in [0.5, 0.6) is 0 Å². The van der Waals surface area contributed by atoms with Crippen LogP contribution >= 0.6 is 0 Å². The summed E-state index contributed by atoms with van der Waals surface area (Å²) in [6, 6.07) is 0. The van der Waals surface area contributed by atoms with Crippen LogP contribution in [0.2, 0.25) is 0 Å². The molecule has 0 aliphatic heterocycles. The molecule has 0 radical (unpaired) electrons. The molecule has 2 rings (SSSR count). The molecule has 0 unspecified atom stereocenters. The lowest BCUT2D eigenvalue weighted by Crippen LogP contribution is -2.21. The summed E-state index contributed by atoms with van der Waals surface area (Å²) in [4.78, 5) is 17.2. The van der Waals surface area contributed by atoms with Crippen LogP contribution in [-0.2, 0) is 0 Å². The Balaban J connectivity index is 2.54. The third kappa shape index (κ3) is 1.09. The van der Waals surface area contributed by atoms with Gasteiger partial charge in [-0.1, -0.05) is 0 Å². The zero-order valence-corrected chi connectivity index (χ0v) is 7.48. The SMILES string of the molecule is CN(C)C(=O)c1c[nH]n2ccnc12. The Hall–Kier alpha value is -1.78. The van der Waals surface area contributed by atoms with Gasteiger partial charge in [-0.15, -0.1) is 0 Å². The first-order chi connectivity index (χ1) is 6.20. The van der Waals surface area contributed by atoms with E-state index < -0.39 is 0 Å². The molecular formula is C8H10N4O. The van der Waals surface area contributed by atoms with Crippen molar-refractivity contribution in [1.29, 1.82) is 0 Å². The molecule has 5 heteroatoms. The molecule has 1 amide bonds. The van der Waals surface area contributed by atoms with Crippen LogP contribution in [0.15, 0.2) is 18.6 Å². The number of hydrogen-bond acceptors (Lipinski definition) is 2. The molecule has 0 atom stereocenters. The Bertz CT molecular complexity index is 440. The highest BCUT2D eigenvalue weighted by molar-refractivity contribution is 5.99. The van der Waals surface area contributed by atoms with Crippen molar-refractivity contribution >= 4 is 11.6 Å². The third-order valence-electron chi connectivity index (χ3n) is 1.87. The maximum atomic E-state index is 11.6. The van der Waals surface area contributed by atoms with Gasteiger partial charge < -0.3 is 4.90 Å². The van der Waals surface area contributed by atoms with E-state index in [2.05, 4.69) is 10.1 Å². The van der Waals surface area contributed by atoms with Gasteiger partial charge in [-0.3, -0.25) is 9.89 Å². The van der Waals surface area contributed by atoms with Gasteiger partial charge in [0.15, 0.2) is 5.65 Å². The van der Waals surface area contributed by atoms with E-state index in [1.54, 1.807) is 37.2 Å². The van der Waals surface area contributed by atoms with E-state index in [0.717, 1.165) is 0 Å². The first kappa shape index (κ1) is 7.85. The van der Waals surface area contributed by atoms with E-state index in [1.165, 1.54) is 4.90 Å². The van der Waals surface area contributed by atoms with E-state index in [1.807, 2.05) is 0 Å². The summed E-state index contributed by atoms with van der Waals surface area (Å²) in [6.07, 6.45) is 5.07. The molecule has 0 aliphatic carbocycles. The Labute approximate surface area is 75.0 Å². The fourth-order valence-corrected chi connectivity index (χ4v) is 1.20. The highest BCUT2D eigenvalue weighted by atomic mass is 16.2. The maximum absolute atomic E-state index is 11.6. The molecule has 0 aliphatic rings. The van der Waals surface area contributed by atoms with Crippen molar-refractivity contribution in [2.75, 3.05) is 14.1 Å². The molecule has 0 bridgehead atoms. The lowest BCUT2D eigenvalue weighted by molar-refractivity contribution is 0.0829. The van der Waals surface area contributed by atoms with Crippen LogP contribution < -0.4 is 0 Å². The third-order valence-corrected chi connectivity index (χ3v) is 1.87. The van der Waals surface area contributed by atoms with Gasteiger partial charge in [0, 0.05) is 32.7 Å². The maximum Gasteiger partial charge on any atom is 0.258 e. The van der Waals surface area contributed by atoms with Crippen LogP contribution in [0.3, 0.4) is 0 Å². The van der Waals surface area contributed by atoms with Gasteiger partial charge in [0.1, 0.15) is 5.56 Å². The van der Waals surface area contributed by atoms with Crippen LogP contribution in [0, 0.1) is 0 Å². The molecule has 0 saturated carbocycles. The minimum Gasteiger partial charge on any atom is -0.345 e. The monoisotopic (exact) mass is 178 g/mol. The van der Waals surface area contributed by atoms with Gasteiger partial charge in [-0.25, -0.2) is 9.50 Å². The number of carbonyl (C=O) groups is 1. The molecular weight excluding hydrogens is 168 g/mol. The fourth-order valence-electron chi connectivity index (χ4n) is 1.20. The van der Waals surface area contributed by atoms with Gasteiger partial charge in [0.25, 0.3) is 5.91 Å². The van der Waals surface area contributed by atoms with Gasteiger partial charge >= 0.3 is 0 Å². The highest BCUT2D eigenvalue weighted by Crippen LogP contribution is 2.08. The molecule has 1 N–H and O–H groups in total. The largest absolute Gasteiger partial charge is 0.345 e. The number of rotatable bonds is 1. The van der Waals surface area contributed by atoms with E-state index in [4.69, 9.17) is 0 Å². The van der Waals surface area contributed by atoms with Crippen molar-refractivity contribution in [2.24, 2.45) is 0 Å². The summed E-state index contributed by atoms with van der Waals surface area (Å²) in [6.45, 7) is 0. The first-order valence-corrected chi connectivity index (χ1v) is 3.92. The number of H-pyrrole nitrogens is 1. The molecule has 68 valence electrons. The normalized spacial score (nSPS) is 10.6. The fraction of sp³-hybridized carbons (Fsp3) is 0.250. The van der Waals surface area contributed by atoms with Crippen LogP contribution in [0.4, 0.5) is 0 Å². The van der Waals surface area contributed by atoms with Crippen molar-refractivity contribution in [2.45, 2.75) is 0 Å². The van der Waals surface area contributed by atoms with E-state index in [-0.39, 0.29) is 5.91 Å². The summed E-state index contributed by atoms with van der Waals surface area (Å²) < 4.78 is 1.71. The Kier molecular flexibility index (Phi) is 1.58. The number of fused-ring (bicyclic) bond motifs is 1. The van der Waals surface area contributed by atoms with Crippen molar-refractivity contribution in [3.05, 3.63) is 24.2 Å². The quantitative estimate of drug-likeness (QED) is 0.685. The lowest BCUT2D eigenvalue weighted by Gasteiger charge is -2.07. The second-order valence-electron chi connectivity index (χ2n) is 3.01. The van der Waals surface area contributed by atoms with Crippen molar-refractivity contribution < 1.29 is 4.79 Å². The Morgan fingerprint density at radius 1 is 1.62 bits per heavy atom. The van der Waals surface area contributed by atoms with Crippen LogP contribution in [-0.4, -0.2) is 39.5 Å². The minimum atomic E-state index is -0.0440.